The average Bonchev–Trinajstić information content (AvgIpc) is 2.45. The number of hydrogen-bond acceptors (Lipinski definition) is 11. The van der Waals surface area contributed by atoms with Crippen molar-refractivity contribution in [1.82, 2.24) is 5.32 Å². The minimum absolute atomic E-state index is 0.250. The molecule has 1 spiro atoms. The summed E-state index contributed by atoms with van der Waals surface area (Å²) in [7, 11) is 0. The number of hydrogen-bond donors (Lipinski definition) is 8. The molecule has 0 amide bonds. The van der Waals surface area contributed by atoms with Gasteiger partial charge in [0.05, 0.1) is 12.5 Å². The van der Waals surface area contributed by atoms with Gasteiger partial charge in [-0.2, -0.15) is 0 Å². The number of nitrogens with two attached hydrogens (primary N) is 1. The molecule has 4 bridgehead atoms. The van der Waals surface area contributed by atoms with Crippen LogP contribution in [-0.2, 0) is 9.47 Å². The topological polar surface area (TPSA) is 190 Å². The Balaban J connectivity index is 1.95. The Morgan fingerprint density at radius 2 is 1.82 bits per heavy atom. The van der Waals surface area contributed by atoms with E-state index in [9.17, 15) is 30.6 Å². The number of nitrogens with zero attached hydrogens (tertiary/aromatic N) is 1. The van der Waals surface area contributed by atoms with E-state index in [2.05, 4.69) is 10.3 Å². The van der Waals surface area contributed by atoms with Crippen LogP contribution < -0.4 is 11.1 Å². The summed E-state index contributed by atoms with van der Waals surface area (Å²) in [5.74, 6) is -3.95. The monoisotopic (exact) mass is 319 g/mol. The van der Waals surface area contributed by atoms with Crippen molar-refractivity contribution in [2.75, 3.05) is 6.61 Å². The lowest BCUT2D eigenvalue weighted by molar-refractivity contribution is -0.548. The molecule has 9 atom stereocenters. The molecule has 7 unspecified atom stereocenters. The molecule has 5 aliphatic rings. The van der Waals surface area contributed by atoms with E-state index in [-0.39, 0.29) is 5.96 Å². The van der Waals surface area contributed by atoms with Gasteiger partial charge in [0, 0.05) is 0 Å². The van der Waals surface area contributed by atoms with E-state index in [1.807, 2.05) is 0 Å². The highest BCUT2D eigenvalue weighted by Gasteiger charge is 2.82. The highest BCUT2D eigenvalue weighted by Crippen LogP contribution is 2.58. The van der Waals surface area contributed by atoms with Crippen molar-refractivity contribution in [3.05, 3.63) is 0 Å². The Morgan fingerprint density at radius 1 is 1.18 bits per heavy atom. The molecule has 11 nitrogen and oxygen atoms in total. The van der Waals surface area contributed by atoms with Crippen LogP contribution in [0.15, 0.2) is 4.99 Å². The molecular formula is C11H17N3O8. The molecule has 4 fully saturated rings. The number of ether oxygens (including phenoxy) is 2. The van der Waals surface area contributed by atoms with E-state index in [1.165, 1.54) is 0 Å². The average molecular weight is 319 g/mol. The van der Waals surface area contributed by atoms with E-state index in [0.717, 1.165) is 0 Å². The fourth-order valence-electron chi connectivity index (χ4n) is 4.24. The minimum Gasteiger partial charge on any atom is -0.393 e. The van der Waals surface area contributed by atoms with Gasteiger partial charge in [0.2, 0.25) is 0 Å². The highest BCUT2D eigenvalue weighted by molar-refractivity contribution is 5.80. The van der Waals surface area contributed by atoms with Crippen molar-refractivity contribution in [2.24, 2.45) is 16.6 Å². The zero-order valence-electron chi connectivity index (χ0n) is 11.2. The van der Waals surface area contributed by atoms with Crippen LogP contribution in [0.3, 0.4) is 0 Å². The van der Waals surface area contributed by atoms with E-state index >= 15 is 0 Å². The van der Waals surface area contributed by atoms with Crippen molar-refractivity contribution in [3.8, 4) is 0 Å². The van der Waals surface area contributed by atoms with Gasteiger partial charge in [0.1, 0.15) is 29.5 Å². The summed E-state index contributed by atoms with van der Waals surface area (Å²) >= 11 is 0. The summed E-state index contributed by atoms with van der Waals surface area (Å²) in [6, 6.07) is 0. The summed E-state index contributed by atoms with van der Waals surface area (Å²) in [5, 5.41) is 64.3. The van der Waals surface area contributed by atoms with Crippen molar-refractivity contribution in [2.45, 2.75) is 47.8 Å². The number of rotatable bonds is 1. The van der Waals surface area contributed by atoms with Crippen molar-refractivity contribution in [1.29, 1.82) is 0 Å². The Labute approximate surface area is 123 Å². The summed E-state index contributed by atoms with van der Waals surface area (Å²) in [6.45, 7) is -0.857. The van der Waals surface area contributed by atoms with Gasteiger partial charge < -0.3 is 51.2 Å². The molecule has 124 valence electrons. The van der Waals surface area contributed by atoms with Crippen LogP contribution in [0.25, 0.3) is 0 Å². The maximum atomic E-state index is 10.6. The molecule has 3 saturated heterocycles. The number of nitrogens with one attached hydrogen (secondary N) is 1. The van der Waals surface area contributed by atoms with E-state index < -0.39 is 60.3 Å². The Hall–Kier alpha value is -1.05. The fourth-order valence-corrected chi connectivity index (χ4v) is 4.24. The van der Waals surface area contributed by atoms with Crippen LogP contribution >= 0.6 is 0 Å². The quantitative estimate of drug-likeness (QED) is 0.231. The smallest absolute Gasteiger partial charge is 0.311 e. The lowest BCUT2D eigenvalue weighted by atomic mass is 9.55. The molecule has 4 heterocycles. The molecule has 11 heteroatoms. The Kier molecular flexibility index (Phi) is 2.57. The molecule has 1 aliphatic carbocycles. The second-order valence-electron chi connectivity index (χ2n) is 6.22. The molecule has 0 aromatic carbocycles. The van der Waals surface area contributed by atoms with Crippen LogP contribution in [0.1, 0.15) is 0 Å². The van der Waals surface area contributed by atoms with E-state index in [4.69, 9.17) is 15.2 Å². The fraction of sp³-hybridized carbons (Fsp3) is 0.909. The first-order valence-corrected chi connectivity index (χ1v) is 6.77. The maximum absolute atomic E-state index is 10.6. The van der Waals surface area contributed by atoms with Gasteiger partial charge in [-0.25, -0.2) is 4.99 Å². The van der Waals surface area contributed by atoms with Gasteiger partial charge in [-0.3, -0.25) is 0 Å². The van der Waals surface area contributed by atoms with Crippen molar-refractivity contribution >= 4 is 5.96 Å². The number of aliphatic hydroxyl groups is 6. The van der Waals surface area contributed by atoms with E-state index in [0.29, 0.717) is 0 Å². The molecule has 9 N–H and O–H groups in total. The highest BCUT2D eigenvalue weighted by atomic mass is 16.9. The molecule has 4 aliphatic heterocycles. The first-order chi connectivity index (χ1) is 10.2. The van der Waals surface area contributed by atoms with Gasteiger partial charge in [-0.15, -0.1) is 0 Å². The number of guanidine groups is 1. The van der Waals surface area contributed by atoms with Crippen LogP contribution in [0.5, 0.6) is 0 Å². The largest absolute Gasteiger partial charge is 0.393 e. The molecule has 0 aromatic rings. The van der Waals surface area contributed by atoms with Gasteiger partial charge >= 0.3 is 5.97 Å². The predicted octanol–water partition coefficient (Wildman–Crippen LogP) is -5.52. The first-order valence-electron chi connectivity index (χ1n) is 6.77. The minimum atomic E-state index is -2.52. The van der Waals surface area contributed by atoms with Crippen molar-refractivity contribution in [3.63, 3.8) is 0 Å². The summed E-state index contributed by atoms with van der Waals surface area (Å²) in [6.07, 6.45) is -7.77. The lowest BCUT2D eigenvalue weighted by Crippen LogP contribution is -2.95. The normalized spacial score (nSPS) is 62.4. The van der Waals surface area contributed by atoms with Crippen LogP contribution in [-0.4, -0.2) is 91.0 Å². The molecule has 5 rings (SSSR count). The van der Waals surface area contributed by atoms with Gasteiger partial charge in [-0.1, -0.05) is 0 Å². The second kappa shape index (κ2) is 3.88. The zero-order valence-corrected chi connectivity index (χ0v) is 11.2. The second-order valence-corrected chi connectivity index (χ2v) is 6.22. The first kappa shape index (κ1) is 14.5. The van der Waals surface area contributed by atoms with E-state index in [1.54, 1.807) is 0 Å². The van der Waals surface area contributed by atoms with Crippen molar-refractivity contribution < 1.29 is 40.1 Å². The van der Waals surface area contributed by atoms with Gasteiger partial charge in [-0.05, 0) is 0 Å². The lowest BCUT2D eigenvalue weighted by Gasteiger charge is -2.71. The molecule has 22 heavy (non-hydrogen) atoms. The molecular weight excluding hydrogens is 302 g/mol. The summed E-state index contributed by atoms with van der Waals surface area (Å²) in [5.41, 5.74) is 1.74. The third kappa shape index (κ3) is 1.28. The van der Waals surface area contributed by atoms with Gasteiger partial charge in [0.25, 0.3) is 0 Å². The summed E-state index contributed by atoms with van der Waals surface area (Å²) < 4.78 is 10.3. The molecule has 0 radical (unpaired) electrons. The SMILES string of the molecule is NC1=NC(O)C2C3OC4(O)OC([C@@H](O)C2(N1)[C@@H]4O)C3(O)CO. The third-order valence-corrected chi connectivity index (χ3v) is 5.22. The van der Waals surface area contributed by atoms with Crippen LogP contribution in [0.4, 0.5) is 0 Å². The maximum Gasteiger partial charge on any atom is 0.311 e. The molecule has 1 saturated carbocycles. The molecule has 0 aromatic heterocycles. The Morgan fingerprint density at radius 3 is 2.45 bits per heavy atom. The predicted molar refractivity (Wildman–Crippen MR) is 65.7 cm³/mol. The summed E-state index contributed by atoms with van der Waals surface area (Å²) in [4.78, 5) is 3.70. The zero-order chi connectivity index (χ0) is 16.1. The number of aliphatic imine (C=N–C) groups is 1. The van der Waals surface area contributed by atoms with Crippen LogP contribution in [0, 0.1) is 5.92 Å². The third-order valence-electron chi connectivity index (χ3n) is 5.22. The number of aliphatic hydroxyl groups excluding tert-OH is 4. The van der Waals surface area contributed by atoms with Gasteiger partial charge in [0.15, 0.2) is 18.3 Å². The Bertz CT molecular complexity index is 561. The van der Waals surface area contributed by atoms with Crippen LogP contribution in [0.2, 0.25) is 0 Å². The standard InChI is InChI=1S/C11H17N3O8/c12-8-13-6(17)2-4-9(19,1-15)5-3(16)10(2,14-8)7(18)11(20,21-4)22-5/h2-7,15-20H,1H2,(H3,12,13,14)/t2?,3-,4?,5?,6?,7+,9?,10?,11?/m1/s1.